The smallest absolute Gasteiger partial charge is 0.266 e. The van der Waals surface area contributed by atoms with Gasteiger partial charge in [0.15, 0.2) is 5.60 Å². The summed E-state index contributed by atoms with van der Waals surface area (Å²) in [5, 5.41) is 0.509. The first-order chi connectivity index (χ1) is 10.2. The van der Waals surface area contributed by atoms with Crippen molar-refractivity contribution in [3.05, 3.63) is 28.8 Å². The Kier molecular flexibility index (Phi) is 5.03. The van der Waals surface area contributed by atoms with Crippen LogP contribution in [0, 0.1) is 6.92 Å². The van der Waals surface area contributed by atoms with Gasteiger partial charge in [-0.15, -0.1) is 0 Å². The molecule has 0 spiro atoms. The summed E-state index contributed by atoms with van der Waals surface area (Å²) in [4.78, 5) is 14.6. The molecule has 122 valence electrons. The lowest BCUT2D eigenvalue weighted by Crippen LogP contribution is -2.55. The van der Waals surface area contributed by atoms with Crippen LogP contribution in [-0.2, 0) is 9.53 Å². The Morgan fingerprint density at radius 2 is 1.91 bits per heavy atom. The summed E-state index contributed by atoms with van der Waals surface area (Å²) in [6, 6.07) is 5.54. The van der Waals surface area contributed by atoms with Crippen LogP contribution in [-0.4, -0.2) is 41.7 Å². The highest BCUT2D eigenvalue weighted by Crippen LogP contribution is 2.30. The lowest BCUT2D eigenvalue weighted by Gasteiger charge is -2.39. The number of hydrogen-bond acceptors (Lipinski definition) is 3. The van der Waals surface area contributed by atoms with Crippen LogP contribution in [0.5, 0.6) is 5.75 Å². The molecule has 1 aromatic rings. The normalized spacial score (nSPS) is 22.5. The standard InChI is InChI=1S/C17H24ClNO3/c1-11-6-7-14(18)15(8-11)22-17(4,5)16(20)19-9-12(2)21-13(3)10-19/h6-8,12-13H,9-10H2,1-5H3/t12-,13-/m0/s1. The number of morpholine rings is 1. The van der Waals surface area contributed by atoms with Crippen LogP contribution in [0.2, 0.25) is 5.02 Å². The number of amides is 1. The molecule has 2 atom stereocenters. The molecule has 1 heterocycles. The number of aryl methyl sites for hydroxylation is 1. The molecule has 0 N–H and O–H groups in total. The van der Waals surface area contributed by atoms with Gasteiger partial charge in [-0.05, 0) is 52.3 Å². The Morgan fingerprint density at radius 1 is 1.32 bits per heavy atom. The van der Waals surface area contributed by atoms with Gasteiger partial charge < -0.3 is 14.4 Å². The van der Waals surface area contributed by atoms with E-state index >= 15 is 0 Å². The van der Waals surface area contributed by atoms with Crippen molar-refractivity contribution in [1.29, 1.82) is 0 Å². The topological polar surface area (TPSA) is 38.8 Å². The molecule has 0 saturated carbocycles. The Hall–Kier alpha value is -1.26. The van der Waals surface area contributed by atoms with Gasteiger partial charge in [-0.3, -0.25) is 4.79 Å². The molecule has 1 aromatic carbocycles. The number of nitrogens with zero attached hydrogens (tertiary/aromatic N) is 1. The Morgan fingerprint density at radius 3 is 2.50 bits per heavy atom. The van der Waals surface area contributed by atoms with E-state index in [1.54, 1.807) is 19.9 Å². The van der Waals surface area contributed by atoms with Crippen LogP contribution in [0.15, 0.2) is 18.2 Å². The molecule has 1 aliphatic rings. The van der Waals surface area contributed by atoms with Gasteiger partial charge in [0.25, 0.3) is 5.91 Å². The van der Waals surface area contributed by atoms with E-state index in [1.165, 1.54) is 0 Å². The third kappa shape index (κ3) is 3.93. The van der Waals surface area contributed by atoms with Gasteiger partial charge in [-0.2, -0.15) is 0 Å². The first-order valence-electron chi connectivity index (χ1n) is 7.59. The van der Waals surface area contributed by atoms with Crippen molar-refractivity contribution < 1.29 is 14.3 Å². The van der Waals surface area contributed by atoms with Crippen molar-refractivity contribution in [2.24, 2.45) is 0 Å². The predicted molar refractivity (Wildman–Crippen MR) is 87.5 cm³/mol. The Balaban J connectivity index is 2.15. The van der Waals surface area contributed by atoms with Crippen LogP contribution in [0.25, 0.3) is 0 Å². The van der Waals surface area contributed by atoms with E-state index in [4.69, 9.17) is 21.1 Å². The van der Waals surface area contributed by atoms with Crippen LogP contribution in [0.1, 0.15) is 33.3 Å². The molecule has 5 heteroatoms. The van der Waals surface area contributed by atoms with E-state index in [0.29, 0.717) is 23.9 Å². The highest BCUT2D eigenvalue weighted by atomic mass is 35.5. The maximum absolute atomic E-state index is 12.8. The maximum Gasteiger partial charge on any atom is 0.266 e. The fourth-order valence-electron chi connectivity index (χ4n) is 2.73. The van der Waals surface area contributed by atoms with Crippen LogP contribution < -0.4 is 4.74 Å². The first-order valence-corrected chi connectivity index (χ1v) is 7.97. The molecule has 0 aromatic heterocycles. The van der Waals surface area contributed by atoms with Crippen LogP contribution in [0.3, 0.4) is 0 Å². The lowest BCUT2D eigenvalue weighted by molar-refractivity contribution is -0.156. The Labute approximate surface area is 137 Å². The number of ether oxygens (including phenoxy) is 2. The van der Waals surface area contributed by atoms with Crippen LogP contribution in [0.4, 0.5) is 0 Å². The molecule has 1 aliphatic heterocycles. The predicted octanol–water partition coefficient (Wildman–Crippen LogP) is 3.44. The fourth-order valence-corrected chi connectivity index (χ4v) is 2.89. The van der Waals surface area contributed by atoms with Crippen molar-refractivity contribution in [2.45, 2.75) is 52.4 Å². The largest absolute Gasteiger partial charge is 0.476 e. The van der Waals surface area contributed by atoms with Crippen molar-refractivity contribution >= 4 is 17.5 Å². The SMILES string of the molecule is Cc1ccc(Cl)c(OC(C)(C)C(=O)N2C[C@H](C)O[C@@H](C)C2)c1. The third-order valence-electron chi connectivity index (χ3n) is 3.67. The number of benzene rings is 1. The maximum atomic E-state index is 12.8. The molecular weight excluding hydrogens is 302 g/mol. The van der Waals surface area contributed by atoms with E-state index in [1.807, 2.05) is 37.8 Å². The number of hydrogen-bond donors (Lipinski definition) is 0. The first kappa shape index (κ1) is 17.1. The second-order valence-corrected chi connectivity index (χ2v) is 6.92. The monoisotopic (exact) mass is 325 g/mol. The fraction of sp³-hybridized carbons (Fsp3) is 0.588. The van der Waals surface area contributed by atoms with Gasteiger partial charge in [-0.25, -0.2) is 0 Å². The lowest BCUT2D eigenvalue weighted by atomic mass is 10.1. The molecular formula is C17H24ClNO3. The molecule has 0 radical (unpaired) electrons. The summed E-state index contributed by atoms with van der Waals surface area (Å²) in [5.41, 5.74) is 0.0602. The number of carbonyl (C=O) groups excluding carboxylic acids is 1. The zero-order valence-corrected chi connectivity index (χ0v) is 14.6. The Bertz CT molecular complexity index is 549. The highest BCUT2D eigenvalue weighted by Gasteiger charge is 2.37. The number of halogens is 1. The van der Waals surface area contributed by atoms with Crippen molar-refractivity contribution in [2.75, 3.05) is 13.1 Å². The van der Waals surface area contributed by atoms with E-state index in [0.717, 1.165) is 5.56 Å². The average molecular weight is 326 g/mol. The molecule has 1 saturated heterocycles. The molecule has 4 nitrogen and oxygen atoms in total. The second-order valence-electron chi connectivity index (χ2n) is 6.51. The minimum Gasteiger partial charge on any atom is -0.476 e. The molecule has 22 heavy (non-hydrogen) atoms. The van der Waals surface area contributed by atoms with Crippen molar-refractivity contribution in [1.82, 2.24) is 4.90 Å². The van der Waals surface area contributed by atoms with E-state index in [2.05, 4.69) is 0 Å². The minimum atomic E-state index is -0.978. The zero-order valence-electron chi connectivity index (χ0n) is 13.9. The molecule has 2 rings (SSSR count). The summed E-state index contributed by atoms with van der Waals surface area (Å²) in [7, 11) is 0. The molecule has 0 unspecified atom stereocenters. The highest BCUT2D eigenvalue weighted by molar-refractivity contribution is 6.32. The number of carbonyl (C=O) groups is 1. The van der Waals surface area contributed by atoms with Crippen molar-refractivity contribution in [3.8, 4) is 5.75 Å². The zero-order chi connectivity index (χ0) is 16.5. The van der Waals surface area contributed by atoms with Crippen LogP contribution >= 0.6 is 11.6 Å². The average Bonchev–Trinajstić information content (AvgIpc) is 2.40. The molecule has 1 fully saturated rings. The molecule has 1 amide bonds. The van der Waals surface area contributed by atoms with E-state index < -0.39 is 5.60 Å². The summed E-state index contributed by atoms with van der Waals surface area (Å²) < 4.78 is 11.6. The molecule has 0 bridgehead atoms. The van der Waals surface area contributed by atoms with E-state index in [9.17, 15) is 4.79 Å². The summed E-state index contributed by atoms with van der Waals surface area (Å²) in [6.45, 7) is 10.6. The van der Waals surface area contributed by atoms with E-state index in [-0.39, 0.29) is 18.1 Å². The second kappa shape index (κ2) is 6.47. The minimum absolute atomic E-state index is 0.0334. The summed E-state index contributed by atoms with van der Waals surface area (Å²) >= 11 is 6.17. The van der Waals surface area contributed by atoms with Gasteiger partial charge in [0.1, 0.15) is 5.75 Å². The van der Waals surface area contributed by atoms with Crippen molar-refractivity contribution in [3.63, 3.8) is 0 Å². The quantitative estimate of drug-likeness (QED) is 0.854. The van der Waals surface area contributed by atoms with Gasteiger partial charge in [0, 0.05) is 13.1 Å². The third-order valence-corrected chi connectivity index (χ3v) is 3.99. The van der Waals surface area contributed by atoms with Gasteiger partial charge >= 0.3 is 0 Å². The number of rotatable bonds is 3. The summed E-state index contributed by atoms with van der Waals surface area (Å²) in [5.74, 6) is 0.487. The van der Waals surface area contributed by atoms with Gasteiger partial charge in [0.2, 0.25) is 0 Å². The van der Waals surface area contributed by atoms with Gasteiger partial charge in [-0.1, -0.05) is 17.7 Å². The summed E-state index contributed by atoms with van der Waals surface area (Å²) in [6.07, 6.45) is 0.0668. The molecule has 0 aliphatic carbocycles. The van der Waals surface area contributed by atoms with Gasteiger partial charge in [0.05, 0.1) is 17.2 Å².